The van der Waals surface area contributed by atoms with Gasteiger partial charge in [0.15, 0.2) is 0 Å². The van der Waals surface area contributed by atoms with Crippen LogP contribution in [0.15, 0.2) is 47.2 Å². The lowest BCUT2D eigenvalue weighted by Gasteiger charge is -2.08. The molecule has 1 amide bonds. The standard InChI is InChI=1S/C17H15ClN4O2/c1-11-13(18)5-2-6-14(11)20-15(23)7-8-16-21-17(22-24-16)12-4-3-9-19-10-12/h2-6,9-10H,7-8H2,1H3,(H,20,23). The zero-order chi connectivity index (χ0) is 16.9. The Balaban J connectivity index is 1.59. The maximum Gasteiger partial charge on any atom is 0.227 e. The normalized spacial score (nSPS) is 10.6. The topological polar surface area (TPSA) is 80.9 Å². The third-order valence-electron chi connectivity index (χ3n) is 3.50. The predicted octanol–water partition coefficient (Wildman–Crippen LogP) is 3.66. The Morgan fingerprint density at radius 1 is 1.29 bits per heavy atom. The summed E-state index contributed by atoms with van der Waals surface area (Å²) in [6.45, 7) is 1.86. The highest BCUT2D eigenvalue weighted by Gasteiger charge is 2.12. The van der Waals surface area contributed by atoms with E-state index in [4.69, 9.17) is 16.1 Å². The minimum Gasteiger partial charge on any atom is -0.339 e. The van der Waals surface area contributed by atoms with E-state index < -0.39 is 0 Å². The van der Waals surface area contributed by atoms with Crippen LogP contribution in [-0.4, -0.2) is 21.0 Å². The van der Waals surface area contributed by atoms with Crippen molar-refractivity contribution in [1.29, 1.82) is 0 Å². The molecule has 1 N–H and O–H groups in total. The van der Waals surface area contributed by atoms with Gasteiger partial charge in [0.1, 0.15) is 0 Å². The van der Waals surface area contributed by atoms with Gasteiger partial charge in [-0.25, -0.2) is 0 Å². The number of nitrogens with one attached hydrogen (secondary N) is 1. The van der Waals surface area contributed by atoms with Crippen LogP contribution in [0.1, 0.15) is 17.9 Å². The highest BCUT2D eigenvalue weighted by molar-refractivity contribution is 6.31. The number of nitrogens with zero attached hydrogens (tertiary/aromatic N) is 3. The largest absolute Gasteiger partial charge is 0.339 e. The molecule has 0 aliphatic carbocycles. The molecule has 3 aromatic rings. The van der Waals surface area contributed by atoms with Crippen LogP contribution in [-0.2, 0) is 11.2 Å². The highest BCUT2D eigenvalue weighted by Crippen LogP contribution is 2.23. The minimum atomic E-state index is -0.138. The SMILES string of the molecule is Cc1c(Cl)cccc1NC(=O)CCc1nc(-c2cccnc2)no1. The summed E-state index contributed by atoms with van der Waals surface area (Å²) >= 11 is 6.04. The number of benzene rings is 1. The van der Waals surface area contributed by atoms with Gasteiger partial charge in [0.25, 0.3) is 0 Å². The molecule has 6 nitrogen and oxygen atoms in total. The maximum absolute atomic E-state index is 12.1. The molecule has 122 valence electrons. The van der Waals surface area contributed by atoms with Gasteiger partial charge in [-0.15, -0.1) is 0 Å². The van der Waals surface area contributed by atoms with E-state index in [1.165, 1.54) is 0 Å². The summed E-state index contributed by atoms with van der Waals surface area (Å²) in [6.07, 6.45) is 3.93. The van der Waals surface area contributed by atoms with Crippen LogP contribution in [0.25, 0.3) is 11.4 Å². The van der Waals surface area contributed by atoms with Crippen LogP contribution >= 0.6 is 11.6 Å². The first kappa shape index (κ1) is 16.1. The minimum absolute atomic E-state index is 0.138. The van der Waals surface area contributed by atoms with Crippen LogP contribution in [0.4, 0.5) is 5.69 Å². The van der Waals surface area contributed by atoms with E-state index in [0.717, 1.165) is 11.1 Å². The van der Waals surface area contributed by atoms with E-state index in [1.807, 2.05) is 19.1 Å². The van der Waals surface area contributed by atoms with Crippen molar-refractivity contribution in [2.75, 3.05) is 5.32 Å². The lowest BCUT2D eigenvalue weighted by molar-refractivity contribution is -0.116. The van der Waals surface area contributed by atoms with Crippen LogP contribution in [0.5, 0.6) is 0 Å². The van der Waals surface area contributed by atoms with E-state index >= 15 is 0 Å². The van der Waals surface area contributed by atoms with E-state index in [0.29, 0.717) is 28.8 Å². The number of rotatable bonds is 5. The van der Waals surface area contributed by atoms with Crippen molar-refractivity contribution in [3.05, 3.63) is 59.2 Å². The Kier molecular flexibility index (Phi) is 4.86. The van der Waals surface area contributed by atoms with Crippen molar-refractivity contribution < 1.29 is 9.32 Å². The first-order chi connectivity index (χ1) is 11.6. The molecule has 0 bridgehead atoms. The summed E-state index contributed by atoms with van der Waals surface area (Å²) in [5.41, 5.74) is 2.31. The average Bonchev–Trinajstić information content (AvgIpc) is 3.07. The molecule has 0 saturated heterocycles. The fourth-order valence-electron chi connectivity index (χ4n) is 2.14. The Bertz CT molecular complexity index is 849. The van der Waals surface area contributed by atoms with Gasteiger partial charge < -0.3 is 9.84 Å². The van der Waals surface area contributed by atoms with Crippen LogP contribution in [0, 0.1) is 6.92 Å². The number of hydrogen-bond acceptors (Lipinski definition) is 5. The van der Waals surface area contributed by atoms with Crippen LogP contribution in [0.3, 0.4) is 0 Å². The molecule has 0 unspecified atom stereocenters. The Morgan fingerprint density at radius 2 is 2.17 bits per heavy atom. The van der Waals surface area contributed by atoms with Gasteiger partial charge in [-0.1, -0.05) is 22.8 Å². The Labute approximate surface area is 143 Å². The van der Waals surface area contributed by atoms with Crippen molar-refractivity contribution in [1.82, 2.24) is 15.1 Å². The number of aromatic nitrogens is 3. The van der Waals surface area contributed by atoms with Gasteiger partial charge >= 0.3 is 0 Å². The summed E-state index contributed by atoms with van der Waals surface area (Å²) in [6, 6.07) is 9.03. The summed E-state index contributed by atoms with van der Waals surface area (Å²) in [5.74, 6) is 0.734. The van der Waals surface area contributed by atoms with Gasteiger partial charge in [0, 0.05) is 41.5 Å². The number of anilines is 1. The van der Waals surface area contributed by atoms with Crippen molar-refractivity contribution >= 4 is 23.2 Å². The second-order valence-electron chi connectivity index (χ2n) is 5.21. The number of hydrogen-bond donors (Lipinski definition) is 1. The molecule has 0 aliphatic rings. The molecule has 0 saturated carbocycles. The van der Waals surface area contributed by atoms with Gasteiger partial charge in [0.05, 0.1) is 0 Å². The molecule has 2 heterocycles. The third kappa shape index (κ3) is 3.78. The second-order valence-corrected chi connectivity index (χ2v) is 5.62. The van der Waals surface area contributed by atoms with E-state index in [-0.39, 0.29) is 12.3 Å². The quantitative estimate of drug-likeness (QED) is 0.765. The van der Waals surface area contributed by atoms with Crippen molar-refractivity contribution in [3.8, 4) is 11.4 Å². The van der Waals surface area contributed by atoms with Crippen LogP contribution < -0.4 is 5.32 Å². The monoisotopic (exact) mass is 342 g/mol. The fourth-order valence-corrected chi connectivity index (χ4v) is 2.32. The summed E-state index contributed by atoms with van der Waals surface area (Å²) in [5, 5.41) is 7.35. The smallest absolute Gasteiger partial charge is 0.227 e. The van der Waals surface area contributed by atoms with Gasteiger partial charge in [0.2, 0.25) is 17.6 Å². The first-order valence-corrected chi connectivity index (χ1v) is 7.79. The third-order valence-corrected chi connectivity index (χ3v) is 3.90. The van der Waals surface area contributed by atoms with E-state index in [1.54, 1.807) is 30.6 Å². The zero-order valence-corrected chi connectivity index (χ0v) is 13.7. The number of carbonyl (C=O) groups excluding carboxylic acids is 1. The maximum atomic E-state index is 12.1. The number of halogens is 1. The molecular formula is C17H15ClN4O2. The second kappa shape index (κ2) is 7.23. The van der Waals surface area contributed by atoms with Crippen molar-refractivity contribution in [2.24, 2.45) is 0 Å². The van der Waals surface area contributed by atoms with Crippen LogP contribution in [0.2, 0.25) is 5.02 Å². The van der Waals surface area contributed by atoms with Gasteiger partial charge in [-0.05, 0) is 36.8 Å². The summed E-state index contributed by atoms with van der Waals surface area (Å²) < 4.78 is 5.17. The van der Waals surface area contributed by atoms with Gasteiger partial charge in [-0.3, -0.25) is 9.78 Å². The molecule has 0 fully saturated rings. The van der Waals surface area contributed by atoms with Gasteiger partial charge in [-0.2, -0.15) is 4.98 Å². The van der Waals surface area contributed by atoms with Crippen molar-refractivity contribution in [2.45, 2.75) is 19.8 Å². The zero-order valence-electron chi connectivity index (χ0n) is 13.0. The highest BCUT2D eigenvalue weighted by atomic mass is 35.5. The number of carbonyl (C=O) groups is 1. The summed E-state index contributed by atoms with van der Waals surface area (Å²) in [7, 11) is 0. The molecule has 24 heavy (non-hydrogen) atoms. The molecule has 2 aromatic heterocycles. The molecule has 0 aliphatic heterocycles. The molecule has 0 atom stereocenters. The van der Waals surface area contributed by atoms with Crippen molar-refractivity contribution in [3.63, 3.8) is 0 Å². The molecule has 0 radical (unpaired) electrons. The Morgan fingerprint density at radius 3 is 2.96 bits per heavy atom. The average molecular weight is 343 g/mol. The molecular weight excluding hydrogens is 328 g/mol. The number of aryl methyl sites for hydroxylation is 1. The lowest BCUT2D eigenvalue weighted by atomic mass is 10.2. The molecule has 1 aromatic carbocycles. The predicted molar refractivity (Wildman–Crippen MR) is 90.7 cm³/mol. The number of pyridine rings is 1. The number of amides is 1. The molecule has 7 heteroatoms. The molecule has 3 rings (SSSR count). The van der Waals surface area contributed by atoms with E-state index in [9.17, 15) is 4.79 Å². The first-order valence-electron chi connectivity index (χ1n) is 7.41. The lowest BCUT2D eigenvalue weighted by Crippen LogP contribution is -2.13. The summed E-state index contributed by atoms with van der Waals surface area (Å²) in [4.78, 5) is 20.4. The molecule has 0 spiro atoms. The van der Waals surface area contributed by atoms with E-state index in [2.05, 4.69) is 20.4 Å². The Hall–Kier alpha value is -2.73. The fraction of sp³-hybridized carbons (Fsp3) is 0.176.